The molecule has 0 aliphatic heterocycles. The maximum Gasteiger partial charge on any atom is 0.257 e. The molecule has 0 radical (unpaired) electrons. The van der Waals surface area contributed by atoms with Gasteiger partial charge < -0.3 is 15.5 Å². The van der Waals surface area contributed by atoms with Crippen LogP contribution in [0.5, 0.6) is 0 Å². The number of carbonyl (C=O) groups excluding carboxylic acids is 1. The van der Waals surface area contributed by atoms with Crippen molar-refractivity contribution < 1.29 is 9.21 Å². The van der Waals surface area contributed by atoms with Crippen LogP contribution < -0.4 is 11.1 Å². The summed E-state index contributed by atoms with van der Waals surface area (Å²) >= 11 is 0. The highest BCUT2D eigenvalue weighted by Gasteiger charge is 2.23. The number of nitrogens with two attached hydrogens (primary N) is 1. The van der Waals surface area contributed by atoms with Gasteiger partial charge in [0.05, 0.1) is 23.5 Å². The van der Waals surface area contributed by atoms with Crippen molar-refractivity contribution in [2.45, 2.75) is 0 Å². The van der Waals surface area contributed by atoms with Gasteiger partial charge >= 0.3 is 0 Å². The third-order valence-corrected chi connectivity index (χ3v) is 3.95. The number of aromatic nitrogens is 3. The number of para-hydroxylation sites is 2. The quantitative estimate of drug-likeness (QED) is 0.420. The number of furan rings is 1. The summed E-state index contributed by atoms with van der Waals surface area (Å²) in [5.41, 5.74) is 8.57. The Morgan fingerprint density at radius 2 is 2.04 bits per heavy atom. The van der Waals surface area contributed by atoms with Gasteiger partial charge in [-0.25, -0.2) is 9.97 Å². The Morgan fingerprint density at radius 3 is 2.74 bits per heavy atom. The lowest BCUT2D eigenvalue weighted by atomic mass is 10.2. The van der Waals surface area contributed by atoms with Crippen LogP contribution in [0, 0.1) is 0 Å². The first kappa shape index (κ1) is 16.5. The molecule has 3 N–H and O–H groups in total. The highest BCUT2D eigenvalue weighted by molar-refractivity contribution is 6.10. The van der Waals surface area contributed by atoms with Gasteiger partial charge in [-0.15, -0.1) is 6.58 Å². The van der Waals surface area contributed by atoms with Crippen molar-refractivity contribution in [2.24, 2.45) is 5.10 Å². The lowest BCUT2D eigenvalue weighted by molar-refractivity contribution is 0.0960. The molecule has 0 saturated heterocycles. The molecule has 8 heteroatoms. The summed E-state index contributed by atoms with van der Waals surface area (Å²) in [5, 5.41) is 7.06. The maximum absolute atomic E-state index is 12.6. The van der Waals surface area contributed by atoms with E-state index in [1.165, 1.54) is 10.9 Å². The van der Waals surface area contributed by atoms with E-state index >= 15 is 0 Å². The third kappa shape index (κ3) is 2.93. The van der Waals surface area contributed by atoms with Crippen LogP contribution in [-0.2, 0) is 0 Å². The minimum atomic E-state index is -0.367. The Morgan fingerprint density at radius 1 is 1.26 bits per heavy atom. The van der Waals surface area contributed by atoms with Crippen molar-refractivity contribution >= 4 is 40.1 Å². The SMILES string of the molecule is C=CCNC(=O)c1c(N)n(/N=C\c2ccco2)c2nc3ccccc3nc12. The lowest BCUT2D eigenvalue weighted by Crippen LogP contribution is -2.24. The zero-order valence-electron chi connectivity index (χ0n) is 14.3. The Bertz CT molecular complexity index is 1170. The van der Waals surface area contributed by atoms with Gasteiger partial charge in [0, 0.05) is 6.54 Å². The van der Waals surface area contributed by atoms with Gasteiger partial charge in [0.25, 0.3) is 5.91 Å². The van der Waals surface area contributed by atoms with Crippen molar-refractivity contribution in [3.63, 3.8) is 0 Å². The summed E-state index contributed by atoms with van der Waals surface area (Å²) < 4.78 is 6.64. The molecule has 3 aromatic heterocycles. The van der Waals surface area contributed by atoms with E-state index < -0.39 is 0 Å². The van der Waals surface area contributed by atoms with Gasteiger partial charge in [-0.05, 0) is 24.3 Å². The zero-order chi connectivity index (χ0) is 18.8. The van der Waals surface area contributed by atoms with E-state index in [2.05, 4.69) is 27.0 Å². The van der Waals surface area contributed by atoms with E-state index in [9.17, 15) is 4.79 Å². The number of rotatable bonds is 5. The van der Waals surface area contributed by atoms with Crippen LogP contribution in [0.1, 0.15) is 16.1 Å². The second kappa shape index (κ2) is 6.75. The average molecular weight is 360 g/mol. The number of fused-ring (bicyclic) bond motifs is 2. The topological polar surface area (TPSA) is 111 Å². The maximum atomic E-state index is 12.6. The molecule has 1 aromatic carbocycles. The van der Waals surface area contributed by atoms with Gasteiger partial charge in [-0.1, -0.05) is 18.2 Å². The van der Waals surface area contributed by atoms with Crippen molar-refractivity contribution in [2.75, 3.05) is 12.3 Å². The largest absolute Gasteiger partial charge is 0.463 e. The van der Waals surface area contributed by atoms with E-state index in [0.717, 1.165) is 0 Å². The van der Waals surface area contributed by atoms with E-state index in [1.807, 2.05) is 24.3 Å². The molecule has 8 nitrogen and oxygen atoms in total. The fraction of sp³-hybridized carbons (Fsp3) is 0.0526. The predicted molar refractivity (Wildman–Crippen MR) is 104 cm³/mol. The first-order chi connectivity index (χ1) is 13.2. The number of benzene rings is 1. The molecular weight excluding hydrogens is 344 g/mol. The Kier molecular flexibility index (Phi) is 4.13. The normalized spacial score (nSPS) is 11.4. The van der Waals surface area contributed by atoms with Gasteiger partial charge in [0.1, 0.15) is 22.7 Å². The number of hydrogen-bond acceptors (Lipinski definition) is 6. The molecule has 0 aliphatic carbocycles. The van der Waals surface area contributed by atoms with E-state index in [1.54, 1.807) is 24.5 Å². The highest BCUT2D eigenvalue weighted by atomic mass is 16.3. The number of carbonyl (C=O) groups is 1. The number of hydrogen-bond donors (Lipinski definition) is 2. The van der Waals surface area contributed by atoms with Crippen LogP contribution in [0.15, 0.2) is 64.8 Å². The smallest absolute Gasteiger partial charge is 0.257 e. The van der Waals surface area contributed by atoms with E-state index in [4.69, 9.17) is 10.2 Å². The molecule has 0 unspecified atom stereocenters. The van der Waals surface area contributed by atoms with Gasteiger partial charge in [-0.2, -0.15) is 9.78 Å². The number of nitrogen functional groups attached to an aromatic ring is 1. The van der Waals surface area contributed by atoms with Gasteiger partial charge in [-0.3, -0.25) is 4.79 Å². The molecular formula is C19H16N6O2. The summed E-state index contributed by atoms with van der Waals surface area (Å²) in [7, 11) is 0. The lowest BCUT2D eigenvalue weighted by Gasteiger charge is -2.02. The van der Waals surface area contributed by atoms with Crippen molar-refractivity contribution in [1.82, 2.24) is 20.0 Å². The summed E-state index contributed by atoms with van der Waals surface area (Å²) in [6.07, 6.45) is 4.63. The third-order valence-electron chi connectivity index (χ3n) is 3.95. The molecule has 27 heavy (non-hydrogen) atoms. The Balaban J connectivity index is 1.95. The van der Waals surface area contributed by atoms with Crippen molar-refractivity contribution in [3.8, 4) is 0 Å². The molecule has 0 spiro atoms. The van der Waals surface area contributed by atoms with Crippen molar-refractivity contribution in [3.05, 3.63) is 66.6 Å². The summed E-state index contributed by atoms with van der Waals surface area (Å²) in [4.78, 5) is 21.8. The highest BCUT2D eigenvalue weighted by Crippen LogP contribution is 2.27. The van der Waals surface area contributed by atoms with Crippen LogP contribution in [0.25, 0.3) is 22.2 Å². The molecule has 0 saturated carbocycles. The van der Waals surface area contributed by atoms with Crippen LogP contribution in [0.4, 0.5) is 5.82 Å². The molecule has 0 fully saturated rings. The molecule has 4 aromatic rings. The molecule has 0 aliphatic rings. The van der Waals surface area contributed by atoms with E-state index in [-0.39, 0.29) is 17.3 Å². The first-order valence-electron chi connectivity index (χ1n) is 8.22. The van der Waals surface area contributed by atoms with Crippen LogP contribution in [-0.4, -0.2) is 33.3 Å². The van der Waals surface area contributed by atoms with Crippen molar-refractivity contribution in [1.29, 1.82) is 0 Å². The van der Waals surface area contributed by atoms with Gasteiger partial charge in [0.2, 0.25) is 0 Å². The minimum absolute atomic E-state index is 0.143. The molecule has 4 rings (SSSR count). The second-order valence-corrected chi connectivity index (χ2v) is 5.72. The first-order valence-corrected chi connectivity index (χ1v) is 8.22. The summed E-state index contributed by atoms with van der Waals surface area (Å²) in [6, 6.07) is 10.9. The summed E-state index contributed by atoms with van der Waals surface area (Å²) in [5.74, 6) is 0.321. The standard InChI is InChI=1S/C19H16N6O2/c1-2-9-21-19(26)15-16-18(24-14-8-4-3-7-13(14)23-16)25(17(15)20)22-11-12-6-5-10-27-12/h2-8,10-11H,1,9,20H2,(H,21,26)/b22-11-. The second-order valence-electron chi connectivity index (χ2n) is 5.72. The molecule has 0 atom stereocenters. The fourth-order valence-electron chi connectivity index (χ4n) is 2.72. The molecule has 1 amide bonds. The minimum Gasteiger partial charge on any atom is -0.463 e. The predicted octanol–water partition coefficient (Wildman–Crippen LogP) is 2.56. The van der Waals surface area contributed by atoms with Crippen LogP contribution in [0.3, 0.4) is 0 Å². The number of anilines is 1. The van der Waals surface area contributed by atoms with Crippen LogP contribution >= 0.6 is 0 Å². The molecule has 134 valence electrons. The van der Waals surface area contributed by atoms with E-state index in [0.29, 0.717) is 34.5 Å². The monoisotopic (exact) mass is 360 g/mol. The number of amides is 1. The Labute approximate surface area is 154 Å². The number of nitrogens with zero attached hydrogens (tertiary/aromatic N) is 4. The van der Waals surface area contributed by atoms with Gasteiger partial charge in [0.15, 0.2) is 5.65 Å². The summed E-state index contributed by atoms with van der Waals surface area (Å²) in [6.45, 7) is 3.91. The number of nitrogens with one attached hydrogen (secondary N) is 1. The average Bonchev–Trinajstić information content (AvgIpc) is 3.28. The molecule has 0 bridgehead atoms. The van der Waals surface area contributed by atoms with Crippen LogP contribution in [0.2, 0.25) is 0 Å². The fourth-order valence-corrected chi connectivity index (χ4v) is 2.72. The molecule has 3 heterocycles. The zero-order valence-corrected chi connectivity index (χ0v) is 14.3. The Hall–Kier alpha value is -3.94.